The summed E-state index contributed by atoms with van der Waals surface area (Å²) < 4.78 is 95.5. The molecule has 0 aliphatic carbocycles. The third-order valence-electron chi connectivity index (χ3n) is 2.33. The van der Waals surface area contributed by atoms with Gasteiger partial charge in [-0.25, -0.2) is 14.0 Å². The van der Waals surface area contributed by atoms with E-state index < -0.39 is 42.2 Å². The molecule has 0 bridgehead atoms. The van der Waals surface area contributed by atoms with Crippen LogP contribution in [0.4, 0.5) is 30.7 Å². The van der Waals surface area contributed by atoms with Crippen LogP contribution >= 0.6 is 0 Å². The fraction of sp³-hybridized carbons (Fsp3) is 0.667. The summed E-state index contributed by atoms with van der Waals surface area (Å²) in [7, 11) is 0. The Kier molecular flexibility index (Phi) is 5.86. The van der Waals surface area contributed by atoms with Crippen LogP contribution in [0.2, 0.25) is 0 Å². The van der Waals surface area contributed by atoms with Crippen molar-refractivity contribution < 1.29 is 49.8 Å². The summed E-state index contributed by atoms with van der Waals surface area (Å²) in [6.45, 7) is 5.25. The predicted octanol–water partition coefficient (Wildman–Crippen LogP) is 3.26. The van der Waals surface area contributed by atoms with E-state index in [-0.39, 0.29) is 5.57 Å². The van der Waals surface area contributed by atoms with E-state index in [9.17, 15) is 40.3 Å². The topological polar surface area (TPSA) is 52.6 Å². The van der Waals surface area contributed by atoms with Crippen molar-refractivity contribution in [2.24, 2.45) is 0 Å². The lowest BCUT2D eigenvalue weighted by Crippen LogP contribution is -2.60. The number of hydrogen-bond acceptors (Lipinski definition) is 4. The molecular weight excluding hydrogens is 341 g/mol. The molecule has 0 saturated heterocycles. The van der Waals surface area contributed by atoms with Crippen LogP contribution < -0.4 is 0 Å². The predicted molar refractivity (Wildman–Crippen MR) is 61.9 cm³/mol. The molecule has 23 heavy (non-hydrogen) atoms. The van der Waals surface area contributed by atoms with Gasteiger partial charge in [0, 0.05) is 5.57 Å². The summed E-state index contributed by atoms with van der Waals surface area (Å²) in [6.07, 6.45) is -13.1. The van der Waals surface area contributed by atoms with Crippen LogP contribution in [-0.2, 0) is 19.1 Å². The van der Waals surface area contributed by atoms with Crippen LogP contribution in [0.5, 0.6) is 0 Å². The fourth-order valence-electron chi connectivity index (χ4n) is 1.10. The van der Waals surface area contributed by atoms with Crippen molar-refractivity contribution >= 4 is 11.9 Å². The number of carbonyl (C=O) groups is 2. The van der Waals surface area contributed by atoms with Gasteiger partial charge in [-0.1, -0.05) is 6.58 Å². The molecule has 0 heterocycles. The first-order valence-corrected chi connectivity index (χ1v) is 5.84. The Morgan fingerprint density at radius 2 is 1.35 bits per heavy atom. The van der Waals surface area contributed by atoms with Gasteiger partial charge in [0.15, 0.2) is 0 Å². The molecule has 0 rings (SSSR count). The highest BCUT2D eigenvalue weighted by Crippen LogP contribution is 2.47. The zero-order valence-corrected chi connectivity index (χ0v) is 12.2. The minimum Gasteiger partial charge on any atom is -0.459 e. The number of alkyl halides is 7. The van der Waals surface area contributed by atoms with Crippen molar-refractivity contribution in [1.82, 2.24) is 0 Å². The molecule has 0 aliphatic heterocycles. The molecule has 0 N–H and O–H groups in total. The molecule has 134 valence electrons. The number of ether oxygens (including phenoxy) is 2. The Hall–Kier alpha value is -1.81. The molecule has 0 unspecified atom stereocenters. The van der Waals surface area contributed by atoms with Crippen molar-refractivity contribution in [3.05, 3.63) is 12.2 Å². The number of esters is 2. The van der Waals surface area contributed by atoms with E-state index >= 15 is 0 Å². The van der Waals surface area contributed by atoms with Gasteiger partial charge in [-0.2, -0.15) is 26.3 Å². The number of hydrogen-bond donors (Lipinski definition) is 0. The van der Waals surface area contributed by atoms with Crippen molar-refractivity contribution in [3.63, 3.8) is 0 Å². The summed E-state index contributed by atoms with van der Waals surface area (Å²) in [6, 6.07) is 0. The Balaban J connectivity index is 5.19. The molecule has 11 heteroatoms. The van der Waals surface area contributed by atoms with Gasteiger partial charge < -0.3 is 9.47 Å². The van der Waals surface area contributed by atoms with Crippen molar-refractivity contribution in [2.75, 3.05) is 6.61 Å². The summed E-state index contributed by atoms with van der Waals surface area (Å²) >= 11 is 0. The monoisotopic (exact) mass is 354 g/mol. The van der Waals surface area contributed by atoms with Gasteiger partial charge in [0.05, 0.1) is 0 Å². The standard InChI is InChI=1S/C12H13F7O4/c1-6(2)7(20)23-9(3,4)5-22-8(21)10(13,11(14,15)16)12(17,18)19/h1,5H2,2-4H3. The van der Waals surface area contributed by atoms with Crippen LogP contribution in [0.25, 0.3) is 0 Å². The highest BCUT2D eigenvalue weighted by Gasteiger charge is 2.78. The first-order valence-electron chi connectivity index (χ1n) is 5.84. The zero-order valence-electron chi connectivity index (χ0n) is 12.2. The Morgan fingerprint density at radius 1 is 0.957 bits per heavy atom. The van der Waals surface area contributed by atoms with Gasteiger partial charge in [0.1, 0.15) is 12.2 Å². The minimum absolute atomic E-state index is 0.116. The third-order valence-corrected chi connectivity index (χ3v) is 2.33. The van der Waals surface area contributed by atoms with E-state index in [2.05, 4.69) is 16.1 Å². The maximum atomic E-state index is 13.3. The molecule has 0 aromatic carbocycles. The van der Waals surface area contributed by atoms with E-state index in [1.807, 2.05) is 0 Å². The van der Waals surface area contributed by atoms with Crippen LogP contribution in [-0.4, -0.2) is 42.2 Å². The molecular formula is C12H13F7O4. The molecule has 0 aliphatic rings. The minimum atomic E-state index is -6.57. The Labute approximate surface area is 126 Å². The smallest absolute Gasteiger partial charge is 0.442 e. The lowest BCUT2D eigenvalue weighted by Gasteiger charge is -2.30. The molecule has 4 nitrogen and oxygen atoms in total. The number of carbonyl (C=O) groups excluding carboxylic acids is 2. The molecule has 0 atom stereocenters. The second-order valence-corrected chi connectivity index (χ2v) is 5.16. The van der Waals surface area contributed by atoms with Crippen molar-refractivity contribution in [3.8, 4) is 0 Å². The van der Waals surface area contributed by atoms with Gasteiger partial charge in [0.25, 0.3) is 0 Å². The SMILES string of the molecule is C=C(C)C(=O)OC(C)(C)COC(=O)C(F)(C(F)(F)F)C(F)(F)F. The summed E-state index contributed by atoms with van der Waals surface area (Å²) in [5, 5.41) is 0. The largest absolute Gasteiger partial charge is 0.459 e. The van der Waals surface area contributed by atoms with Crippen LogP contribution in [0.1, 0.15) is 20.8 Å². The highest BCUT2D eigenvalue weighted by atomic mass is 19.4. The van der Waals surface area contributed by atoms with E-state index in [1.165, 1.54) is 6.92 Å². The summed E-state index contributed by atoms with van der Waals surface area (Å²) in [5.74, 6) is -4.22. The lowest BCUT2D eigenvalue weighted by atomic mass is 10.1. The van der Waals surface area contributed by atoms with Crippen molar-refractivity contribution in [2.45, 2.75) is 44.4 Å². The second kappa shape index (κ2) is 6.36. The maximum Gasteiger partial charge on any atom is 0.442 e. The van der Waals surface area contributed by atoms with Gasteiger partial charge in [-0.3, -0.25) is 0 Å². The molecule has 0 aromatic heterocycles. The molecule has 0 spiro atoms. The Bertz CT molecular complexity index is 477. The van der Waals surface area contributed by atoms with Crippen molar-refractivity contribution in [1.29, 1.82) is 0 Å². The number of halogens is 7. The lowest BCUT2D eigenvalue weighted by molar-refractivity contribution is -0.333. The first-order chi connectivity index (χ1) is 9.96. The van der Waals surface area contributed by atoms with Crippen LogP contribution in [0.3, 0.4) is 0 Å². The second-order valence-electron chi connectivity index (χ2n) is 5.16. The third kappa shape index (κ3) is 4.83. The quantitative estimate of drug-likeness (QED) is 0.432. The molecule has 0 radical (unpaired) electrons. The van der Waals surface area contributed by atoms with E-state index in [0.717, 1.165) is 13.8 Å². The maximum absolute atomic E-state index is 13.3. The average Bonchev–Trinajstić information content (AvgIpc) is 2.31. The molecule has 0 fully saturated rings. The average molecular weight is 354 g/mol. The van der Waals surface area contributed by atoms with E-state index in [0.29, 0.717) is 0 Å². The van der Waals surface area contributed by atoms with Crippen LogP contribution in [0.15, 0.2) is 12.2 Å². The van der Waals surface area contributed by atoms with Gasteiger partial charge in [-0.15, -0.1) is 0 Å². The zero-order chi connectivity index (χ0) is 18.9. The Morgan fingerprint density at radius 3 is 1.65 bits per heavy atom. The summed E-state index contributed by atoms with van der Waals surface area (Å²) in [5.41, 5.74) is -8.10. The summed E-state index contributed by atoms with van der Waals surface area (Å²) in [4.78, 5) is 22.3. The van der Waals surface area contributed by atoms with Gasteiger partial charge in [-0.05, 0) is 20.8 Å². The fourth-order valence-corrected chi connectivity index (χ4v) is 1.10. The molecule has 0 amide bonds. The normalized spacial score (nSPS) is 13.5. The molecule has 0 aromatic rings. The molecule has 0 saturated carbocycles. The first kappa shape index (κ1) is 21.2. The van der Waals surface area contributed by atoms with E-state index in [1.54, 1.807) is 0 Å². The van der Waals surface area contributed by atoms with Gasteiger partial charge >= 0.3 is 30.0 Å². The highest BCUT2D eigenvalue weighted by molar-refractivity contribution is 5.87. The van der Waals surface area contributed by atoms with Crippen LogP contribution in [0, 0.1) is 0 Å². The van der Waals surface area contributed by atoms with Gasteiger partial charge in [0.2, 0.25) is 0 Å². The number of rotatable bonds is 5. The van der Waals surface area contributed by atoms with E-state index in [4.69, 9.17) is 0 Å².